The van der Waals surface area contributed by atoms with Gasteiger partial charge in [0.2, 0.25) is 0 Å². The summed E-state index contributed by atoms with van der Waals surface area (Å²) in [4.78, 5) is 6.82. The van der Waals surface area contributed by atoms with Crippen LogP contribution in [0.15, 0.2) is 60.9 Å². The summed E-state index contributed by atoms with van der Waals surface area (Å²) in [6.45, 7) is 2.34. The second-order valence-electron chi connectivity index (χ2n) is 5.12. The highest BCUT2D eigenvalue weighted by atomic mass is 16.3. The van der Waals surface area contributed by atoms with Crippen molar-refractivity contribution in [3.8, 4) is 0 Å². The van der Waals surface area contributed by atoms with Gasteiger partial charge in [-0.05, 0) is 17.7 Å². The van der Waals surface area contributed by atoms with Crippen molar-refractivity contribution in [2.45, 2.75) is 13.1 Å². The van der Waals surface area contributed by atoms with Gasteiger partial charge in [-0.25, -0.2) is 4.98 Å². The summed E-state index contributed by atoms with van der Waals surface area (Å²) < 4.78 is 2.02. The maximum atomic E-state index is 9.27. The van der Waals surface area contributed by atoms with Crippen LogP contribution in [0.25, 0.3) is 5.65 Å². The lowest BCUT2D eigenvalue weighted by molar-refractivity contribution is 0.183. The number of benzene rings is 1. The fourth-order valence-electron chi connectivity index (χ4n) is 2.49. The predicted molar refractivity (Wildman–Crippen MR) is 82.8 cm³/mol. The minimum atomic E-state index is 0.153. The second kappa shape index (κ2) is 6.52. The predicted octanol–water partition coefficient (Wildman–Crippen LogP) is 2.33. The Morgan fingerprint density at radius 1 is 1.00 bits per heavy atom. The first-order valence-corrected chi connectivity index (χ1v) is 7.15. The first kappa shape index (κ1) is 13.8. The number of hydrogen-bond donors (Lipinski definition) is 1. The monoisotopic (exact) mass is 281 g/mol. The van der Waals surface area contributed by atoms with Crippen molar-refractivity contribution in [2.24, 2.45) is 0 Å². The van der Waals surface area contributed by atoms with Crippen LogP contribution in [-0.4, -0.2) is 32.5 Å². The Hall–Kier alpha value is -2.17. The van der Waals surface area contributed by atoms with Crippen molar-refractivity contribution in [3.05, 3.63) is 72.2 Å². The normalized spacial score (nSPS) is 11.3. The van der Waals surface area contributed by atoms with E-state index in [-0.39, 0.29) is 6.61 Å². The number of imidazole rings is 1. The van der Waals surface area contributed by atoms with E-state index in [0.29, 0.717) is 6.54 Å². The maximum Gasteiger partial charge on any atom is 0.137 e. The molecule has 21 heavy (non-hydrogen) atoms. The molecule has 3 aromatic rings. The van der Waals surface area contributed by atoms with E-state index < -0.39 is 0 Å². The number of hydrogen-bond acceptors (Lipinski definition) is 3. The third-order valence-electron chi connectivity index (χ3n) is 3.46. The van der Waals surface area contributed by atoms with Crippen LogP contribution in [-0.2, 0) is 13.1 Å². The molecule has 0 spiro atoms. The molecule has 0 unspecified atom stereocenters. The van der Waals surface area contributed by atoms with Crippen LogP contribution in [0.4, 0.5) is 0 Å². The number of nitrogens with zero attached hydrogens (tertiary/aromatic N) is 3. The zero-order chi connectivity index (χ0) is 14.5. The van der Waals surface area contributed by atoms with Crippen LogP contribution in [0.3, 0.4) is 0 Å². The quantitative estimate of drug-likeness (QED) is 0.754. The smallest absolute Gasteiger partial charge is 0.137 e. The van der Waals surface area contributed by atoms with Gasteiger partial charge in [-0.15, -0.1) is 0 Å². The van der Waals surface area contributed by atoms with Crippen molar-refractivity contribution in [3.63, 3.8) is 0 Å². The average molecular weight is 281 g/mol. The number of pyridine rings is 1. The Labute approximate surface area is 124 Å². The minimum absolute atomic E-state index is 0.153. The lowest BCUT2D eigenvalue weighted by Crippen LogP contribution is -2.26. The number of aromatic nitrogens is 2. The highest BCUT2D eigenvalue weighted by Crippen LogP contribution is 2.10. The molecule has 108 valence electrons. The molecule has 0 fully saturated rings. The second-order valence-corrected chi connectivity index (χ2v) is 5.12. The first-order chi connectivity index (χ1) is 10.3. The molecule has 2 heterocycles. The van der Waals surface area contributed by atoms with E-state index in [4.69, 9.17) is 0 Å². The van der Waals surface area contributed by atoms with Gasteiger partial charge in [-0.1, -0.05) is 36.4 Å². The lowest BCUT2D eigenvalue weighted by Gasteiger charge is -2.20. The zero-order valence-electron chi connectivity index (χ0n) is 11.9. The standard InChI is InChI=1S/C17H19N3O/c21-11-10-19(12-15-6-2-1-3-7-15)13-16-14-20-9-5-4-8-17(20)18-16/h1-9,14,21H,10-13H2. The fraction of sp³-hybridized carbons (Fsp3) is 0.235. The van der Waals surface area contributed by atoms with E-state index in [1.165, 1.54) is 5.56 Å². The molecular formula is C17H19N3O. The van der Waals surface area contributed by atoms with Crippen LogP contribution in [0.1, 0.15) is 11.3 Å². The molecule has 0 aliphatic rings. The Balaban J connectivity index is 1.75. The van der Waals surface area contributed by atoms with Gasteiger partial charge in [0.05, 0.1) is 12.3 Å². The Morgan fingerprint density at radius 3 is 2.57 bits per heavy atom. The van der Waals surface area contributed by atoms with Crippen LogP contribution in [0, 0.1) is 0 Å². The molecule has 3 rings (SSSR count). The number of aliphatic hydroxyl groups excluding tert-OH is 1. The van der Waals surface area contributed by atoms with E-state index in [1.807, 2.05) is 53.2 Å². The third kappa shape index (κ3) is 3.48. The first-order valence-electron chi connectivity index (χ1n) is 7.15. The number of aliphatic hydroxyl groups is 1. The minimum Gasteiger partial charge on any atom is -0.395 e. The topological polar surface area (TPSA) is 40.8 Å². The molecule has 0 amide bonds. The fourth-order valence-corrected chi connectivity index (χ4v) is 2.49. The molecule has 0 saturated carbocycles. The molecule has 4 heteroatoms. The molecule has 0 aliphatic carbocycles. The van der Waals surface area contributed by atoms with Gasteiger partial charge < -0.3 is 9.51 Å². The Kier molecular flexibility index (Phi) is 4.28. The van der Waals surface area contributed by atoms with Crippen LogP contribution < -0.4 is 0 Å². The molecule has 0 radical (unpaired) electrons. The third-order valence-corrected chi connectivity index (χ3v) is 3.46. The van der Waals surface area contributed by atoms with E-state index in [1.54, 1.807) is 0 Å². The van der Waals surface area contributed by atoms with E-state index >= 15 is 0 Å². The summed E-state index contributed by atoms with van der Waals surface area (Å²) >= 11 is 0. The van der Waals surface area contributed by atoms with Crippen LogP contribution in [0.5, 0.6) is 0 Å². The van der Waals surface area contributed by atoms with Gasteiger partial charge in [0.15, 0.2) is 0 Å². The molecule has 0 aliphatic heterocycles. The summed E-state index contributed by atoms with van der Waals surface area (Å²) in [6, 6.07) is 16.3. The summed E-state index contributed by atoms with van der Waals surface area (Å²) in [6.07, 6.45) is 4.05. The van der Waals surface area contributed by atoms with Crippen molar-refractivity contribution in [1.82, 2.24) is 14.3 Å². The molecule has 0 atom stereocenters. The van der Waals surface area contributed by atoms with Crippen molar-refractivity contribution >= 4 is 5.65 Å². The van der Waals surface area contributed by atoms with Gasteiger partial charge in [-0.2, -0.15) is 0 Å². The average Bonchev–Trinajstić information content (AvgIpc) is 2.90. The van der Waals surface area contributed by atoms with Crippen molar-refractivity contribution in [1.29, 1.82) is 0 Å². The van der Waals surface area contributed by atoms with Gasteiger partial charge in [0, 0.05) is 32.0 Å². The Bertz CT molecular complexity index is 660. The van der Waals surface area contributed by atoms with Gasteiger partial charge in [0.1, 0.15) is 5.65 Å². The number of fused-ring (bicyclic) bond motifs is 1. The summed E-state index contributed by atoms with van der Waals surface area (Å²) in [5, 5.41) is 9.27. The summed E-state index contributed by atoms with van der Waals surface area (Å²) in [7, 11) is 0. The summed E-state index contributed by atoms with van der Waals surface area (Å²) in [5.41, 5.74) is 3.22. The molecule has 0 saturated heterocycles. The van der Waals surface area contributed by atoms with Gasteiger partial charge >= 0.3 is 0 Å². The van der Waals surface area contributed by atoms with Crippen LogP contribution >= 0.6 is 0 Å². The summed E-state index contributed by atoms with van der Waals surface area (Å²) in [5.74, 6) is 0. The van der Waals surface area contributed by atoms with Gasteiger partial charge in [-0.3, -0.25) is 4.90 Å². The highest BCUT2D eigenvalue weighted by Gasteiger charge is 2.09. The molecule has 2 aromatic heterocycles. The highest BCUT2D eigenvalue weighted by molar-refractivity contribution is 5.39. The SMILES string of the molecule is OCCN(Cc1ccccc1)Cc1cn2ccccc2n1. The largest absolute Gasteiger partial charge is 0.395 e. The number of rotatable bonds is 6. The van der Waals surface area contributed by atoms with Crippen molar-refractivity contribution in [2.75, 3.05) is 13.2 Å². The van der Waals surface area contributed by atoms with Crippen LogP contribution in [0.2, 0.25) is 0 Å². The van der Waals surface area contributed by atoms with E-state index in [9.17, 15) is 5.11 Å². The molecule has 1 aromatic carbocycles. The molecule has 0 bridgehead atoms. The van der Waals surface area contributed by atoms with E-state index in [2.05, 4.69) is 22.0 Å². The zero-order valence-corrected chi connectivity index (χ0v) is 11.9. The molecular weight excluding hydrogens is 262 g/mol. The maximum absolute atomic E-state index is 9.27. The van der Waals surface area contributed by atoms with Crippen molar-refractivity contribution < 1.29 is 5.11 Å². The van der Waals surface area contributed by atoms with E-state index in [0.717, 1.165) is 24.4 Å². The lowest BCUT2D eigenvalue weighted by atomic mass is 10.2. The molecule has 1 N–H and O–H groups in total. The molecule has 4 nitrogen and oxygen atoms in total. The Morgan fingerprint density at radius 2 is 1.81 bits per heavy atom. The van der Waals surface area contributed by atoms with Gasteiger partial charge in [0.25, 0.3) is 0 Å².